The molecule has 0 rings (SSSR count). The fourth-order valence-corrected chi connectivity index (χ4v) is 9.07. The van der Waals surface area contributed by atoms with E-state index in [0.29, 0.717) is 17.4 Å². The fourth-order valence-electron chi connectivity index (χ4n) is 8.35. The van der Waals surface area contributed by atoms with Gasteiger partial charge in [-0.2, -0.15) is 0 Å². The number of unbranched alkanes of at least 4 members (excludes halogenated alkanes) is 33. The highest BCUT2D eigenvalue weighted by Gasteiger charge is 2.23. The van der Waals surface area contributed by atoms with Crippen molar-refractivity contribution >= 4 is 13.7 Å². The van der Waals surface area contributed by atoms with Gasteiger partial charge < -0.3 is 28.8 Å². The van der Waals surface area contributed by atoms with E-state index in [4.69, 9.17) is 9.05 Å². The van der Waals surface area contributed by atoms with Crippen molar-refractivity contribution in [3.8, 4) is 0 Å². The second-order valence-electron chi connectivity index (χ2n) is 20.6. The molecule has 0 saturated heterocycles. The molecule has 0 aliphatic heterocycles. The molecular formula is C58H111N2O6P. The molecule has 0 aliphatic carbocycles. The molecule has 0 heterocycles. The number of allylic oxidation sites excluding steroid dienone is 7. The molecule has 394 valence electrons. The zero-order valence-corrected chi connectivity index (χ0v) is 45.7. The number of phosphoric acid groups is 1. The molecule has 0 radical (unpaired) electrons. The quantitative estimate of drug-likeness (QED) is 0.0272. The number of aliphatic hydroxyl groups excluding tert-OH is 1. The molecule has 0 aromatic carbocycles. The van der Waals surface area contributed by atoms with Crippen LogP contribution in [0, 0.1) is 0 Å². The minimum absolute atomic E-state index is 0.00408. The summed E-state index contributed by atoms with van der Waals surface area (Å²) < 4.78 is 23.3. The first kappa shape index (κ1) is 65.5. The monoisotopic (exact) mass is 963 g/mol. The number of phosphoric ester groups is 1. The predicted octanol–water partition coefficient (Wildman–Crippen LogP) is 16.5. The Kier molecular flexibility index (Phi) is 48.3. The Morgan fingerprint density at radius 2 is 0.910 bits per heavy atom. The number of hydrogen-bond donors (Lipinski definition) is 2. The fraction of sp³-hybridized carbons (Fsp3) is 0.845. The summed E-state index contributed by atoms with van der Waals surface area (Å²) in [6, 6.07) is -0.894. The Labute approximate surface area is 416 Å². The number of carbonyl (C=O) groups excluding carboxylic acids is 1. The van der Waals surface area contributed by atoms with E-state index in [0.717, 1.165) is 70.6 Å². The highest BCUT2D eigenvalue weighted by Crippen LogP contribution is 2.38. The molecule has 1 amide bonds. The van der Waals surface area contributed by atoms with Crippen molar-refractivity contribution in [1.29, 1.82) is 0 Å². The first-order valence-electron chi connectivity index (χ1n) is 28.5. The van der Waals surface area contributed by atoms with E-state index < -0.39 is 20.0 Å². The van der Waals surface area contributed by atoms with E-state index in [2.05, 4.69) is 55.6 Å². The van der Waals surface area contributed by atoms with E-state index in [-0.39, 0.29) is 19.1 Å². The number of quaternary nitrogens is 1. The van der Waals surface area contributed by atoms with Gasteiger partial charge in [-0.15, -0.1) is 0 Å². The maximum absolute atomic E-state index is 12.9. The lowest BCUT2D eigenvalue weighted by atomic mass is 10.0. The number of hydrogen-bond acceptors (Lipinski definition) is 6. The van der Waals surface area contributed by atoms with Crippen LogP contribution in [0.4, 0.5) is 0 Å². The number of nitrogens with zero attached hydrogens (tertiary/aromatic N) is 1. The SMILES string of the molecule is CC/C=C\C/C=C\C/C=C\CCCCCCCCCC(=O)NC(COP(=O)([O-])OCC[N+](C)(C)C)C(O)/C=C/CCCCCCCCCCCCCCCCCCCCCCCCCCCC. The summed E-state index contributed by atoms with van der Waals surface area (Å²) in [6.45, 7) is 4.55. The van der Waals surface area contributed by atoms with Crippen LogP contribution in [0.2, 0.25) is 0 Å². The molecule has 0 fully saturated rings. The van der Waals surface area contributed by atoms with Crippen LogP contribution in [0.15, 0.2) is 48.6 Å². The minimum atomic E-state index is -4.60. The summed E-state index contributed by atoms with van der Waals surface area (Å²) in [4.78, 5) is 25.5. The van der Waals surface area contributed by atoms with Gasteiger partial charge in [0.15, 0.2) is 0 Å². The average molecular weight is 964 g/mol. The van der Waals surface area contributed by atoms with Gasteiger partial charge in [0.05, 0.1) is 39.9 Å². The Morgan fingerprint density at radius 1 is 0.537 bits per heavy atom. The van der Waals surface area contributed by atoms with Crippen LogP contribution in [0.1, 0.15) is 264 Å². The van der Waals surface area contributed by atoms with Gasteiger partial charge in [0.1, 0.15) is 13.2 Å². The molecule has 0 aromatic rings. The van der Waals surface area contributed by atoms with Gasteiger partial charge in [0, 0.05) is 6.42 Å². The molecule has 0 aromatic heterocycles. The number of rotatable bonds is 52. The zero-order valence-electron chi connectivity index (χ0n) is 44.9. The van der Waals surface area contributed by atoms with Crippen molar-refractivity contribution in [2.75, 3.05) is 40.9 Å². The topological polar surface area (TPSA) is 108 Å². The second-order valence-corrected chi connectivity index (χ2v) is 22.0. The van der Waals surface area contributed by atoms with Gasteiger partial charge in [-0.1, -0.05) is 255 Å². The number of amides is 1. The Bertz CT molecular complexity index is 1230. The van der Waals surface area contributed by atoms with Crippen molar-refractivity contribution in [3.05, 3.63) is 48.6 Å². The van der Waals surface area contributed by atoms with Crippen molar-refractivity contribution in [2.45, 2.75) is 276 Å². The third-order valence-electron chi connectivity index (χ3n) is 12.8. The Balaban J connectivity index is 4.17. The molecule has 2 N–H and O–H groups in total. The lowest BCUT2D eigenvalue weighted by Crippen LogP contribution is -2.45. The molecule has 9 heteroatoms. The highest BCUT2D eigenvalue weighted by atomic mass is 31.2. The lowest BCUT2D eigenvalue weighted by Gasteiger charge is -2.29. The van der Waals surface area contributed by atoms with Crippen molar-refractivity contribution in [2.24, 2.45) is 0 Å². The number of aliphatic hydroxyl groups is 1. The first-order valence-corrected chi connectivity index (χ1v) is 30.0. The summed E-state index contributed by atoms with van der Waals surface area (Å²) >= 11 is 0. The van der Waals surface area contributed by atoms with Gasteiger partial charge in [0.25, 0.3) is 7.82 Å². The van der Waals surface area contributed by atoms with Crippen LogP contribution in [-0.4, -0.2) is 68.5 Å². The molecular weight excluding hydrogens is 852 g/mol. The normalized spacial score (nSPS) is 14.3. The summed E-state index contributed by atoms with van der Waals surface area (Å²) in [7, 11) is 1.26. The zero-order chi connectivity index (χ0) is 49.2. The predicted molar refractivity (Wildman–Crippen MR) is 288 cm³/mol. The number of likely N-dealkylation sites (N-methyl/N-ethyl adjacent to an activating group) is 1. The molecule has 0 bridgehead atoms. The maximum atomic E-state index is 12.9. The molecule has 0 aliphatic rings. The van der Waals surface area contributed by atoms with E-state index >= 15 is 0 Å². The molecule has 3 unspecified atom stereocenters. The van der Waals surface area contributed by atoms with E-state index in [1.165, 1.54) is 173 Å². The van der Waals surface area contributed by atoms with Crippen molar-refractivity contribution in [3.63, 3.8) is 0 Å². The second kappa shape index (κ2) is 49.4. The van der Waals surface area contributed by atoms with Crippen LogP contribution in [-0.2, 0) is 18.4 Å². The standard InChI is InChI=1S/C58H111N2O6P/c1-6-8-10-12-14-16-18-20-22-24-25-26-27-28-29-30-31-32-33-34-36-37-39-41-43-45-47-49-51-57(61)56(55-66-67(63,64)65-54-53-60(3,4)5)59-58(62)52-50-48-46-44-42-40-38-35-23-21-19-17-15-13-11-9-7-2/h9,11,15,17,21,23,49,51,56-57,61H,6-8,10,12-14,16,18-20,22,24-48,50,52-55H2,1-5H3,(H-,59,62,63,64)/b11-9-,17-15-,23-21-,51-49+. The molecule has 8 nitrogen and oxygen atoms in total. The molecule has 3 atom stereocenters. The van der Waals surface area contributed by atoms with Crippen LogP contribution in [0.25, 0.3) is 0 Å². The summed E-state index contributed by atoms with van der Waals surface area (Å²) in [5.74, 6) is -0.206. The molecule has 67 heavy (non-hydrogen) atoms. The van der Waals surface area contributed by atoms with E-state index in [9.17, 15) is 19.4 Å². The van der Waals surface area contributed by atoms with Gasteiger partial charge in [0.2, 0.25) is 5.91 Å². The number of nitrogens with one attached hydrogen (secondary N) is 1. The van der Waals surface area contributed by atoms with Crippen LogP contribution < -0.4 is 10.2 Å². The third kappa shape index (κ3) is 52.1. The van der Waals surface area contributed by atoms with Gasteiger partial charge in [-0.25, -0.2) is 0 Å². The van der Waals surface area contributed by atoms with Crippen molar-refractivity contribution in [1.82, 2.24) is 5.32 Å². The van der Waals surface area contributed by atoms with Crippen LogP contribution in [0.5, 0.6) is 0 Å². The summed E-state index contributed by atoms with van der Waals surface area (Å²) in [5.41, 5.74) is 0. The third-order valence-corrected chi connectivity index (χ3v) is 13.8. The average Bonchev–Trinajstić information content (AvgIpc) is 3.29. The van der Waals surface area contributed by atoms with Gasteiger partial charge in [-0.05, 0) is 51.4 Å². The molecule has 0 spiro atoms. The van der Waals surface area contributed by atoms with E-state index in [1.54, 1.807) is 6.08 Å². The Morgan fingerprint density at radius 3 is 1.33 bits per heavy atom. The van der Waals surface area contributed by atoms with Crippen LogP contribution >= 0.6 is 7.82 Å². The minimum Gasteiger partial charge on any atom is -0.756 e. The maximum Gasteiger partial charge on any atom is 0.268 e. The highest BCUT2D eigenvalue weighted by molar-refractivity contribution is 7.45. The van der Waals surface area contributed by atoms with Gasteiger partial charge >= 0.3 is 0 Å². The van der Waals surface area contributed by atoms with Crippen molar-refractivity contribution < 1.29 is 32.9 Å². The number of carbonyl (C=O) groups is 1. The van der Waals surface area contributed by atoms with Crippen LogP contribution in [0.3, 0.4) is 0 Å². The summed E-state index contributed by atoms with van der Waals surface area (Å²) in [6.07, 6.45) is 64.8. The smallest absolute Gasteiger partial charge is 0.268 e. The summed E-state index contributed by atoms with van der Waals surface area (Å²) in [5, 5.41) is 13.9. The Hall–Kier alpha value is -1.54. The molecule has 0 saturated carbocycles. The van der Waals surface area contributed by atoms with E-state index in [1.807, 2.05) is 27.2 Å². The van der Waals surface area contributed by atoms with Gasteiger partial charge in [-0.3, -0.25) is 9.36 Å². The lowest BCUT2D eigenvalue weighted by molar-refractivity contribution is -0.870. The first-order chi connectivity index (χ1) is 32.5. The largest absolute Gasteiger partial charge is 0.756 e.